The molecular formula is C18H23F3N4O3. The molecule has 1 saturated carbocycles. The van der Waals surface area contributed by atoms with Crippen LogP contribution < -0.4 is 21.3 Å². The quantitative estimate of drug-likeness (QED) is 0.672. The molecule has 2 fully saturated rings. The first-order valence-corrected chi connectivity index (χ1v) is 9.16. The zero-order valence-corrected chi connectivity index (χ0v) is 15.2. The van der Waals surface area contributed by atoms with Gasteiger partial charge in [-0.3, -0.25) is 9.59 Å². The summed E-state index contributed by atoms with van der Waals surface area (Å²) in [6, 6.07) is 2.91. The van der Waals surface area contributed by atoms with E-state index in [0.29, 0.717) is 0 Å². The summed E-state index contributed by atoms with van der Waals surface area (Å²) < 4.78 is 45.7. The average molecular weight is 400 g/mol. The average Bonchev–Trinajstić information content (AvgIpc) is 2.61. The van der Waals surface area contributed by atoms with Gasteiger partial charge in [-0.15, -0.1) is 0 Å². The number of rotatable bonds is 6. The van der Waals surface area contributed by atoms with Crippen molar-refractivity contribution in [3.63, 3.8) is 0 Å². The van der Waals surface area contributed by atoms with Crippen molar-refractivity contribution < 1.29 is 27.5 Å². The molecule has 2 aliphatic rings. The summed E-state index contributed by atoms with van der Waals surface area (Å²) in [5.74, 6) is -1.03. The SMILES string of the molecule is NC[C@H](NC1CCC1)C(=O)Nc1ccc(N2CCOCC2=O)c(C(F)(F)F)c1. The number of carbonyl (C=O) groups excluding carboxylic acids is 2. The normalized spacial score (nSPS) is 19.3. The Morgan fingerprint density at radius 3 is 2.68 bits per heavy atom. The minimum atomic E-state index is -4.69. The maximum Gasteiger partial charge on any atom is 0.418 e. The van der Waals surface area contributed by atoms with Crippen LogP contribution in [-0.4, -0.2) is 50.2 Å². The Hall–Kier alpha value is -2.17. The van der Waals surface area contributed by atoms with Crippen LogP contribution in [0.4, 0.5) is 24.5 Å². The Balaban J connectivity index is 1.80. The van der Waals surface area contributed by atoms with Gasteiger partial charge in [0.15, 0.2) is 0 Å². The Kier molecular flexibility index (Phi) is 6.21. The van der Waals surface area contributed by atoms with Gasteiger partial charge in [-0.1, -0.05) is 6.42 Å². The van der Waals surface area contributed by atoms with E-state index in [1.165, 1.54) is 12.1 Å². The van der Waals surface area contributed by atoms with Gasteiger partial charge in [-0.05, 0) is 31.0 Å². The number of morpholine rings is 1. The topological polar surface area (TPSA) is 96.7 Å². The number of nitrogens with zero attached hydrogens (tertiary/aromatic N) is 1. The third-order valence-electron chi connectivity index (χ3n) is 4.94. The molecule has 154 valence electrons. The van der Waals surface area contributed by atoms with Crippen LogP contribution in [0.25, 0.3) is 0 Å². The van der Waals surface area contributed by atoms with Crippen molar-refractivity contribution in [1.82, 2.24) is 5.32 Å². The van der Waals surface area contributed by atoms with Crippen LogP contribution in [0.3, 0.4) is 0 Å². The molecule has 0 bridgehead atoms. The number of hydrogen-bond acceptors (Lipinski definition) is 5. The van der Waals surface area contributed by atoms with E-state index in [1.54, 1.807) is 0 Å². The van der Waals surface area contributed by atoms with Gasteiger partial charge in [-0.25, -0.2) is 0 Å². The van der Waals surface area contributed by atoms with Gasteiger partial charge >= 0.3 is 6.18 Å². The molecule has 1 aliphatic heterocycles. The lowest BCUT2D eigenvalue weighted by atomic mass is 9.92. The molecule has 7 nitrogen and oxygen atoms in total. The number of benzene rings is 1. The summed E-state index contributed by atoms with van der Waals surface area (Å²) in [5.41, 5.74) is 4.39. The first kappa shape index (κ1) is 20.6. The number of ether oxygens (including phenoxy) is 1. The van der Waals surface area contributed by atoms with E-state index < -0.39 is 29.6 Å². The second-order valence-electron chi connectivity index (χ2n) is 6.90. The number of anilines is 2. The van der Waals surface area contributed by atoms with Crippen LogP contribution in [0.1, 0.15) is 24.8 Å². The van der Waals surface area contributed by atoms with Crippen LogP contribution in [-0.2, 0) is 20.5 Å². The first-order valence-electron chi connectivity index (χ1n) is 9.16. The molecule has 28 heavy (non-hydrogen) atoms. The van der Waals surface area contributed by atoms with Crippen molar-refractivity contribution in [3.8, 4) is 0 Å². The second-order valence-corrected chi connectivity index (χ2v) is 6.90. The summed E-state index contributed by atoms with van der Waals surface area (Å²) in [7, 11) is 0. The second kappa shape index (κ2) is 8.46. The zero-order chi connectivity index (χ0) is 20.3. The molecule has 0 spiro atoms. The maximum atomic E-state index is 13.6. The van der Waals surface area contributed by atoms with Crippen LogP contribution in [0.15, 0.2) is 18.2 Å². The van der Waals surface area contributed by atoms with E-state index in [4.69, 9.17) is 10.5 Å². The van der Waals surface area contributed by atoms with Gasteiger partial charge in [0.05, 0.1) is 23.9 Å². The fourth-order valence-corrected chi connectivity index (χ4v) is 3.19. The predicted octanol–water partition coefficient (Wildman–Crippen LogP) is 1.48. The third kappa shape index (κ3) is 4.62. The van der Waals surface area contributed by atoms with Crippen molar-refractivity contribution in [2.24, 2.45) is 5.73 Å². The van der Waals surface area contributed by atoms with Gasteiger partial charge in [0.1, 0.15) is 6.61 Å². The summed E-state index contributed by atoms with van der Waals surface area (Å²) in [4.78, 5) is 25.4. The number of hydrogen-bond donors (Lipinski definition) is 3. The summed E-state index contributed by atoms with van der Waals surface area (Å²) in [6.07, 6.45) is -1.71. The van der Waals surface area contributed by atoms with Crippen LogP contribution in [0.2, 0.25) is 0 Å². The minimum absolute atomic E-state index is 0.00403. The lowest BCUT2D eigenvalue weighted by molar-refractivity contribution is -0.137. The zero-order valence-electron chi connectivity index (χ0n) is 15.2. The molecule has 2 amide bonds. The largest absolute Gasteiger partial charge is 0.418 e. The molecule has 0 radical (unpaired) electrons. The lowest BCUT2D eigenvalue weighted by Gasteiger charge is -2.31. The molecule has 10 heteroatoms. The molecule has 1 aromatic carbocycles. The van der Waals surface area contributed by atoms with E-state index in [1.807, 2.05) is 0 Å². The molecule has 0 unspecified atom stereocenters. The molecule has 0 aromatic heterocycles. The highest BCUT2D eigenvalue weighted by Crippen LogP contribution is 2.38. The van der Waals surface area contributed by atoms with Crippen molar-refractivity contribution in [1.29, 1.82) is 0 Å². The molecule has 4 N–H and O–H groups in total. The van der Waals surface area contributed by atoms with Crippen molar-refractivity contribution >= 4 is 23.2 Å². The summed E-state index contributed by atoms with van der Waals surface area (Å²) in [6.45, 7) is -0.0314. The highest BCUT2D eigenvalue weighted by Gasteiger charge is 2.37. The van der Waals surface area contributed by atoms with E-state index in [-0.39, 0.29) is 43.7 Å². The molecule has 1 heterocycles. The van der Waals surface area contributed by atoms with Crippen LogP contribution in [0.5, 0.6) is 0 Å². The number of nitrogens with one attached hydrogen (secondary N) is 2. The number of nitrogens with two attached hydrogens (primary N) is 1. The smallest absolute Gasteiger partial charge is 0.370 e. The Morgan fingerprint density at radius 2 is 2.11 bits per heavy atom. The van der Waals surface area contributed by atoms with Crippen LogP contribution >= 0.6 is 0 Å². The number of amides is 2. The maximum absolute atomic E-state index is 13.6. The van der Waals surface area contributed by atoms with Crippen LogP contribution in [0, 0.1) is 0 Å². The minimum Gasteiger partial charge on any atom is -0.370 e. The van der Waals surface area contributed by atoms with E-state index in [0.717, 1.165) is 30.2 Å². The van der Waals surface area contributed by atoms with Gasteiger partial charge < -0.3 is 26.0 Å². The number of alkyl halides is 3. The molecule has 1 saturated heterocycles. The highest BCUT2D eigenvalue weighted by atomic mass is 19.4. The fraction of sp³-hybridized carbons (Fsp3) is 0.556. The molecular weight excluding hydrogens is 377 g/mol. The van der Waals surface area contributed by atoms with Crippen molar-refractivity contribution in [3.05, 3.63) is 23.8 Å². The summed E-state index contributed by atoms with van der Waals surface area (Å²) >= 11 is 0. The Morgan fingerprint density at radius 1 is 1.36 bits per heavy atom. The Bertz CT molecular complexity index is 737. The Labute approximate surface area is 160 Å². The number of carbonyl (C=O) groups is 2. The molecule has 1 aliphatic carbocycles. The first-order chi connectivity index (χ1) is 13.3. The summed E-state index contributed by atoms with van der Waals surface area (Å²) in [5, 5.41) is 5.60. The molecule has 3 rings (SSSR count). The predicted molar refractivity (Wildman–Crippen MR) is 96.9 cm³/mol. The van der Waals surface area contributed by atoms with E-state index in [2.05, 4.69) is 10.6 Å². The van der Waals surface area contributed by atoms with Crippen molar-refractivity contribution in [2.75, 3.05) is 36.5 Å². The van der Waals surface area contributed by atoms with Gasteiger partial charge in [0.25, 0.3) is 5.91 Å². The van der Waals surface area contributed by atoms with Gasteiger partial charge in [-0.2, -0.15) is 13.2 Å². The molecule has 1 aromatic rings. The standard InChI is InChI=1S/C18H23F3N4O3/c19-18(20,21)13-8-12(4-5-15(13)25-6-7-28-10-16(25)26)24-17(27)14(9-22)23-11-2-1-3-11/h4-5,8,11,14,23H,1-3,6-7,9-10,22H2,(H,24,27)/t14-/m0/s1. The highest BCUT2D eigenvalue weighted by molar-refractivity contribution is 5.98. The van der Waals surface area contributed by atoms with Crippen molar-refractivity contribution in [2.45, 2.75) is 37.5 Å². The monoisotopic (exact) mass is 400 g/mol. The third-order valence-corrected chi connectivity index (χ3v) is 4.94. The van der Waals surface area contributed by atoms with Gasteiger partial charge in [0, 0.05) is 24.8 Å². The molecule has 1 atom stereocenters. The van der Waals surface area contributed by atoms with E-state index >= 15 is 0 Å². The number of halogens is 3. The lowest BCUT2D eigenvalue weighted by Crippen LogP contribution is -2.52. The van der Waals surface area contributed by atoms with E-state index in [9.17, 15) is 22.8 Å². The fourth-order valence-electron chi connectivity index (χ4n) is 3.19. The van der Waals surface area contributed by atoms with Gasteiger partial charge in [0.2, 0.25) is 5.91 Å².